The molecule has 0 fully saturated rings. The molecule has 0 aromatic heterocycles. The molecule has 0 saturated heterocycles. The van der Waals surface area contributed by atoms with Gasteiger partial charge in [0.15, 0.2) is 6.10 Å². The van der Waals surface area contributed by atoms with Gasteiger partial charge < -0.3 is 27.9 Å². The standard InChI is InChI=1S/C42H84NO8P/c1-6-8-10-12-14-16-18-19-20-21-22-23-25-27-29-31-33-35-42(45)51-40(39-50-52(46,47)49-37-36-43(3,4)5)38-48-41(44)34-32-30-28-26-24-17-15-13-11-9-7-2/h40H,6-39H2,1-5H3. The second-order valence-corrected chi connectivity index (χ2v) is 17.5. The van der Waals surface area contributed by atoms with Crippen LogP contribution in [-0.2, 0) is 32.7 Å². The number of quaternary nitrogens is 1. The fourth-order valence-electron chi connectivity index (χ4n) is 6.18. The summed E-state index contributed by atoms with van der Waals surface area (Å²) in [5, 5.41) is 0. The number of carbonyl (C=O) groups is 2. The van der Waals surface area contributed by atoms with E-state index in [-0.39, 0.29) is 32.0 Å². The topological polar surface area (TPSA) is 111 Å². The highest BCUT2D eigenvalue weighted by Crippen LogP contribution is 2.38. The summed E-state index contributed by atoms with van der Waals surface area (Å²) in [7, 11) is 1.18. The first-order valence-corrected chi connectivity index (χ1v) is 23.2. The molecule has 0 radical (unpaired) electrons. The number of esters is 2. The van der Waals surface area contributed by atoms with E-state index in [0.29, 0.717) is 17.4 Å². The summed E-state index contributed by atoms with van der Waals surface area (Å²) in [5.41, 5.74) is 0. The average Bonchev–Trinajstić information content (AvgIpc) is 3.09. The lowest BCUT2D eigenvalue weighted by atomic mass is 10.0. The third kappa shape index (κ3) is 38.7. The van der Waals surface area contributed by atoms with Crippen LogP contribution in [0.3, 0.4) is 0 Å². The van der Waals surface area contributed by atoms with Gasteiger partial charge in [-0.05, 0) is 12.8 Å². The minimum absolute atomic E-state index is 0.0258. The van der Waals surface area contributed by atoms with Crippen molar-refractivity contribution in [3.05, 3.63) is 0 Å². The van der Waals surface area contributed by atoms with Gasteiger partial charge in [0.2, 0.25) is 0 Å². The summed E-state index contributed by atoms with van der Waals surface area (Å²) < 4.78 is 33.9. The number of unbranched alkanes of at least 4 members (excludes halogenated alkanes) is 26. The van der Waals surface area contributed by atoms with Crippen LogP contribution in [0.1, 0.15) is 206 Å². The van der Waals surface area contributed by atoms with Crippen LogP contribution >= 0.6 is 7.82 Å². The first-order chi connectivity index (χ1) is 25.0. The lowest BCUT2D eigenvalue weighted by Gasteiger charge is -2.28. The van der Waals surface area contributed by atoms with E-state index in [0.717, 1.165) is 32.1 Å². The van der Waals surface area contributed by atoms with Gasteiger partial charge in [-0.15, -0.1) is 0 Å². The Morgan fingerprint density at radius 2 is 0.865 bits per heavy atom. The van der Waals surface area contributed by atoms with E-state index in [1.807, 2.05) is 21.1 Å². The fourth-order valence-corrected chi connectivity index (χ4v) is 6.91. The summed E-state index contributed by atoms with van der Waals surface area (Å²) in [6.45, 7) is 4.25. The molecule has 0 saturated carbocycles. The van der Waals surface area contributed by atoms with E-state index < -0.39 is 26.5 Å². The zero-order valence-corrected chi connectivity index (χ0v) is 35.7. The summed E-state index contributed by atoms with van der Waals surface area (Å²) >= 11 is 0. The van der Waals surface area contributed by atoms with Crippen molar-refractivity contribution in [2.45, 2.75) is 213 Å². The maximum absolute atomic E-state index is 12.7. The highest BCUT2D eigenvalue weighted by Gasteiger charge is 2.21. The van der Waals surface area contributed by atoms with Crippen LogP contribution in [0.25, 0.3) is 0 Å². The molecule has 9 nitrogen and oxygen atoms in total. The highest BCUT2D eigenvalue weighted by molar-refractivity contribution is 7.45. The molecule has 0 aliphatic carbocycles. The largest absolute Gasteiger partial charge is 0.756 e. The molecule has 2 atom stereocenters. The normalized spacial score (nSPS) is 13.6. The minimum Gasteiger partial charge on any atom is -0.756 e. The summed E-state index contributed by atoms with van der Waals surface area (Å²) in [5.74, 6) is -0.822. The van der Waals surface area contributed by atoms with E-state index >= 15 is 0 Å². The molecule has 52 heavy (non-hydrogen) atoms. The van der Waals surface area contributed by atoms with Crippen LogP contribution in [0.15, 0.2) is 0 Å². The zero-order valence-electron chi connectivity index (χ0n) is 34.8. The molecule has 0 spiro atoms. The average molecular weight is 762 g/mol. The Bertz CT molecular complexity index is 865. The van der Waals surface area contributed by atoms with Crippen LogP contribution in [0, 0.1) is 0 Å². The van der Waals surface area contributed by atoms with E-state index in [9.17, 15) is 19.0 Å². The minimum atomic E-state index is -4.61. The molecule has 0 aromatic carbocycles. The Labute approximate surface area is 321 Å². The van der Waals surface area contributed by atoms with Crippen molar-refractivity contribution in [1.29, 1.82) is 0 Å². The number of likely N-dealkylation sites (N-methyl/N-ethyl adjacent to an activating group) is 1. The molecule has 0 aliphatic heterocycles. The molecule has 0 N–H and O–H groups in total. The molecule has 0 rings (SSSR count). The van der Waals surface area contributed by atoms with Crippen LogP contribution in [0.4, 0.5) is 0 Å². The number of phosphoric acid groups is 1. The Morgan fingerprint density at radius 3 is 1.23 bits per heavy atom. The third-order valence-electron chi connectivity index (χ3n) is 9.63. The summed E-state index contributed by atoms with van der Waals surface area (Å²) in [6, 6.07) is 0. The summed E-state index contributed by atoms with van der Waals surface area (Å²) in [6.07, 6.45) is 34.1. The Morgan fingerprint density at radius 1 is 0.519 bits per heavy atom. The van der Waals surface area contributed by atoms with Gasteiger partial charge in [0.05, 0.1) is 27.7 Å². The number of hydrogen-bond donors (Lipinski definition) is 0. The molecule has 0 amide bonds. The number of nitrogens with zero attached hydrogens (tertiary/aromatic N) is 1. The van der Waals surface area contributed by atoms with Crippen LogP contribution in [0.2, 0.25) is 0 Å². The van der Waals surface area contributed by atoms with Crippen LogP contribution in [-0.4, -0.2) is 70.0 Å². The summed E-state index contributed by atoms with van der Waals surface area (Å²) in [4.78, 5) is 37.4. The van der Waals surface area contributed by atoms with Crippen molar-refractivity contribution in [1.82, 2.24) is 0 Å². The number of hydrogen-bond acceptors (Lipinski definition) is 8. The van der Waals surface area contributed by atoms with Crippen molar-refractivity contribution in [3.8, 4) is 0 Å². The van der Waals surface area contributed by atoms with Crippen molar-refractivity contribution in [2.24, 2.45) is 0 Å². The van der Waals surface area contributed by atoms with Crippen molar-refractivity contribution in [2.75, 3.05) is 47.5 Å². The smallest absolute Gasteiger partial charge is 0.306 e. The lowest BCUT2D eigenvalue weighted by molar-refractivity contribution is -0.870. The quantitative estimate of drug-likeness (QED) is 0.0263. The fraction of sp³-hybridized carbons (Fsp3) is 0.952. The van der Waals surface area contributed by atoms with E-state index in [2.05, 4.69) is 13.8 Å². The number of ether oxygens (including phenoxy) is 2. The Hall–Kier alpha value is -0.990. The van der Waals surface area contributed by atoms with Gasteiger partial charge in [-0.2, -0.15) is 0 Å². The molecule has 0 aromatic rings. The molecule has 10 heteroatoms. The maximum Gasteiger partial charge on any atom is 0.306 e. The van der Waals surface area contributed by atoms with Gasteiger partial charge >= 0.3 is 11.9 Å². The van der Waals surface area contributed by atoms with Crippen molar-refractivity contribution < 1.29 is 42.1 Å². The number of rotatable bonds is 40. The predicted octanol–water partition coefficient (Wildman–Crippen LogP) is 11.4. The monoisotopic (exact) mass is 762 g/mol. The number of carbonyl (C=O) groups excluding carboxylic acids is 2. The van der Waals surface area contributed by atoms with E-state index in [4.69, 9.17) is 18.5 Å². The first kappa shape index (κ1) is 51.0. The molecule has 310 valence electrons. The molecular weight excluding hydrogens is 677 g/mol. The zero-order chi connectivity index (χ0) is 38.6. The third-order valence-corrected chi connectivity index (χ3v) is 10.6. The second-order valence-electron chi connectivity index (χ2n) is 16.1. The van der Waals surface area contributed by atoms with Crippen molar-refractivity contribution in [3.63, 3.8) is 0 Å². The highest BCUT2D eigenvalue weighted by atomic mass is 31.2. The molecular formula is C42H84NO8P. The lowest BCUT2D eigenvalue weighted by Crippen LogP contribution is -2.37. The SMILES string of the molecule is CCCCCCCCCCCCCCCCCCCC(=O)OC(COC(=O)CCCCCCCCCCCCC)COP(=O)([O-])OCC[N+](C)(C)C. The molecule has 0 heterocycles. The predicted molar refractivity (Wildman–Crippen MR) is 213 cm³/mol. The van der Waals surface area contributed by atoms with Gasteiger partial charge in [-0.1, -0.05) is 181 Å². The van der Waals surface area contributed by atoms with Crippen molar-refractivity contribution >= 4 is 19.8 Å². The maximum atomic E-state index is 12.7. The van der Waals surface area contributed by atoms with Crippen LogP contribution < -0.4 is 4.89 Å². The molecule has 0 bridgehead atoms. The van der Waals surface area contributed by atoms with Gasteiger partial charge in [-0.3, -0.25) is 14.2 Å². The van der Waals surface area contributed by atoms with Gasteiger partial charge in [0.1, 0.15) is 19.8 Å². The Kier molecular flexibility index (Phi) is 35.0. The van der Waals surface area contributed by atoms with Gasteiger partial charge in [0, 0.05) is 12.8 Å². The Balaban J connectivity index is 4.30. The van der Waals surface area contributed by atoms with E-state index in [1.165, 1.54) is 141 Å². The molecule has 2 unspecified atom stereocenters. The van der Waals surface area contributed by atoms with Gasteiger partial charge in [0.25, 0.3) is 7.82 Å². The van der Waals surface area contributed by atoms with E-state index in [1.54, 1.807) is 0 Å². The second kappa shape index (κ2) is 35.7. The van der Waals surface area contributed by atoms with Gasteiger partial charge in [-0.25, -0.2) is 0 Å². The molecule has 0 aliphatic rings. The number of phosphoric ester groups is 1. The first-order valence-electron chi connectivity index (χ1n) is 21.7. The van der Waals surface area contributed by atoms with Crippen LogP contribution in [0.5, 0.6) is 0 Å².